The molecule has 0 aliphatic carbocycles. The predicted molar refractivity (Wildman–Crippen MR) is 110 cm³/mol. The molecule has 0 radical (unpaired) electrons. The summed E-state index contributed by atoms with van der Waals surface area (Å²) in [7, 11) is -3.96. The van der Waals surface area contributed by atoms with Crippen LogP contribution < -0.4 is 14.8 Å². The van der Waals surface area contributed by atoms with Gasteiger partial charge in [-0.2, -0.15) is 0 Å². The van der Waals surface area contributed by atoms with Crippen LogP contribution in [0.3, 0.4) is 0 Å². The van der Waals surface area contributed by atoms with Crippen molar-refractivity contribution in [3.63, 3.8) is 0 Å². The SMILES string of the molecule is CCOc1ccccc1CNC(=O)c1ccccc1S(=O)(=O)Nc1cccnc1. The van der Waals surface area contributed by atoms with E-state index in [-0.39, 0.29) is 17.0 Å². The van der Waals surface area contributed by atoms with Gasteiger partial charge in [0, 0.05) is 18.3 Å². The van der Waals surface area contributed by atoms with Crippen LogP contribution in [0.2, 0.25) is 0 Å². The van der Waals surface area contributed by atoms with E-state index >= 15 is 0 Å². The maximum atomic E-state index is 12.8. The number of para-hydroxylation sites is 1. The van der Waals surface area contributed by atoms with Gasteiger partial charge in [0.05, 0.1) is 24.1 Å². The maximum Gasteiger partial charge on any atom is 0.262 e. The lowest BCUT2D eigenvalue weighted by Crippen LogP contribution is -2.26. The molecule has 0 aliphatic rings. The number of aromatic nitrogens is 1. The largest absolute Gasteiger partial charge is 0.494 e. The average molecular weight is 411 g/mol. The number of ether oxygens (including phenoxy) is 1. The molecule has 2 N–H and O–H groups in total. The zero-order valence-corrected chi connectivity index (χ0v) is 16.6. The molecule has 150 valence electrons. The van der Waals surface area contributed by atoms with Crippen molar-refractivity contribution < 1.29 is 17.9 Å². The highest BCUT2D eigenvalue weighted by molar-refractivity contribution is 7.92. The molecule has 29 heavy (non-hydrogen) atoms. The fraction of sp³-hybridized carbons (Fsp3) is 0.143. The second kappa shape index (κ2) is 9.20. The van der Waals surface area contributed by atoms with Gasteiger partial charge in [0.1, 0.15) is 10.6 Å². The van der Waals surface area contributed by atoms with Crippen LogP contribution in [-0.2, 0) is 16.6 Å². The quantitative estimate of drug-likeness (QED) is 0.593. The molecule has 0 fully saturated rings. The van der Waals surface area contributed by atoms with Crippen LogP contribution >= 0.6 is 0 Å². The minimum absolute atomic E-state index is 0.0535. The van der Waals surface area contributed by atoms with Gasteiger partial charge in [-0.1, -0.05) is 30.3 Å². The summed E-state index contributed by atoms with van der Waals surface area (Å²) in [6.45, 7) is 2.59. The molecule has 1 aromatic heterocycles. The molecule has 2 aromatic carbocycles. The Kier molecular flexibility index (Phi) is 6.46. The molecule has 8 heteroatoms. The summed E-state index contributed by atoms with van der Waals surface area (Å²) >= 11 is 0. The van der Waals surface area contributed by atoms with Crippen LogP contribution in [0, 0.1) is 0 Å². The van der Waals surface area contributed by atoms with Crippen molar-refractivity contribution in [3.8, 4) is 5.75 Å². The van der Waals surface area contributed by atoms with Crippen molar-refractivity contribution in [2.75, 3.05) is 11.3 Å². The van der Waals surface area contributed by atoms with E-state index in [1.165, 1.54) is 18.3 Å². The molecule has 0 saturated carbocycles. The van der Waals surface area contributed by atoms with E-state index in [0.717, 1.165) is 5.56 Å². The molecular weight excluding hydrogens is 390 g/mol. The fourth-order valence-corrected chi connectivity index (χ4v) is 3.99. The molecule has 0 aliphatic heterocycles. The number of amides is 1. The lowest BCUT2D eigenvalue weighted by Gasteiger charge is -2.14. The Balaban J connectivity index is 1.80. The minimum atomic E-state index is -3.96. The third-order valence-corrected chi connectivity index (χ3v) is 5.49. The smallest absolute Gasteiger partial charge is 0.262 e. The zero-order valence-electron chi connectivity index (χ0n) is 15.8. The monoisotopic (exact) mass is 411 g/mol. The van der Waals surface area contributed by atoms with Crippen LogP contribution in [0.25, 0.3) is 0 Å². The topological polar surface area (TPSA) is 97.4 Å². The summed E-state index contributed by atoms with van der Waals surface area (Å²) in [5, 5.41) is 2.77. The Hall–Kier alpha value is -3.39. The van der Waals surface area contributed by atoms with E-state index < -0.39 is 15.9 Å². The number of hydrogen-bond acceptors (Lipinski definition) is 5. The summed E-state index contributed by atoms with van der Waals surface area (Å²) in [6.07, 6.45) is 2.93. The second-order valence-corrected chi connectivity index (χ2v) is 7.72. The number of carbonyl (C=O) groups excluding carboxylic acids is 1. The van der Waals surface area contributed by atoms with E-state index in [9.17, 15) is 13.2 Å². The van der Waals surface area contributed by atoms with Crippen LogP contribution in [0.5, 0.6) is 5.75 Å². The third kappa shape index (κ3) is 5.11. The number of sulfonamides is 1. The molecule has 1 amide bonds. The maximum absolute atomic E-state index is 12.8. The standard InChI is InChI=1S/C21H21N3O4S/c1-2-28-19-11-5-3-8-16(19)14-23-21(25)18-10-4-6-12-20(18)29(26,27)24-17-9-7-13-22-15-17/h3-13,15,24H,2,14H2,1H3,(H,23,25). The van der Waals surface area contributed by atoms with Gasteiger partial charge in [-0.05, 0) is 37.3 Å². The summed E-state index contributed by atoms with van der Waals surface area (Å²) < 4.78 is 33.6. The Morgan fingerprint density at radius 2 is 1.79 bits per heavy atom. The molecule has 0 atom stereocenters. The normalized spacial score (nSPS) is 10.9. The van der Waals surface area contributed by atoms with Gasteiger partial charge in [0.2, 0.25) is 0 Å². The summed E-state index contributed by atoms with van der Waals surface area (Å²) in [5.74, 6) is 0.179. The highest BCUT2D eigenvalue weighted by atomic mass is 32.2. The Bertz CT molecular complexity index is 1090. The summed E-state index contributed by atoms with van der Waals surface area (Å²) in [4.78, 5) is 16.5. The number of benzene rings is 2. The fourth-order valence-electron chi connectivity index (χ4n) is 2.74. The molecule has 7 nitrogen and oxygen atoms in total. The van der Waals surface area contributed by atoms with Gasteiger partial charge in [0.15, 0.2) is 0 Å². The van der Waals surface area contributed by atoms with Gasteiger partial charge < -0.3 is 10.1 Å². The molecule has 0 bridgehead atoms. The predicted octanol–water partition coefficient (Wildman–Crippen LogP) is 3.21. The highest BCUT2D eigenvalue weighted by Gasteiger charge is 2.22. The number of hydrogen-bond donors (Lipinski definition) is 2. The van der Waals surface area contributed by atoms with Crippen LogP contribution in [0.1, 0.15) is 22.8 Å². The Labute approximate surface area is 169 Å². The van der Waals surface area contributed by atoms with E-state index in [4.69, 9.17) is 4.74 Å². The summed E-state index contributed by atoms with van der Waals surface area (Å²) in [5.41, 5.74) is 1.17. The highest BCUT2D eigenvalue weighted by Crippen LogP contribution is 2.21. The Morgan fingerprint density at radius 3 is 2.55 bits per heavy atom. The van der Waals surface area contributed by atoms with Gasteiger partial charge in [-0.3, -0.25) is 14.5 Å². The second-order valence-electron chi connectivity index (χ2n) is 6.07. The first kappa shape index (κ1) is 20.3. The third-order valence-electron chi connectivity index (χ3n) is 4.05. The summed E-state index contributed by atoms with van der Waals surface area (Å²) in [6, 6.07) is 16.6. The number of nitrogens with one attached hydrogen (secondary N) is 2. The Morgan fingerprint density at radius 1 is 1.03 bits per heavy atom. The number of nitrogens with zero attached hydrogens (tertiary/aromatic N) is 1. The van der Waals surface area contributed by atoms with E-state index in [0.29, 0.717) is 18.0 Å². The van der Waals surface area contributed by atoms with Crippen LogP contribution in [-0.4, -0.2) is 25.9 Å². The molecule has 0 unspecified atom stereocenters. The molecular formula is C21H21N3O4S. The van der Waals surface area contributed by atoms with Crippen molar-refractivity contribution in [2.24, 2.45) is 0 Å². The molecule has 3 rings (SSSR count). The van der Waals surface area contributed by atoms with Crippen molar-refractivity contribution in [3.05, 3.63) is 84.2 Å². The van der Waals surface area contributed by atoms with Crippen molar-refractivity contribution in [1.29, 1.82) is 0 Å². The van der Waals surface area contributed by atoms with Crippen LogP contribution in [0.4, 0.5) is 5.69 Å². The van der Waals surface area contributed by atoms with Crippen molar-refractivity contribution in [2.45, 2.75) is 18.4 Å². The molecule has 0 saturated heterocycles. The lowest BCUT2D eigenvalue weighted by molar-refractivity contribution is 0.0947. The molecule has 3 aromatic rings. The lowest BCUT2D eigenvalue weighted by atomic mass is 10.1. The zero-order chi connectivity index (χ0) is 20.7. The average Bonchev–Trinajstić information content (AvgIpc) is 2.73. The first-order chi connectivity index (χ1) is 14.0. The van der Waals surface area contributed by atoms with Crippen molar-refractivity contribution in [1.82, 2.24) is 10.3 Å². The number of rotatable bonds is 8. The van der Waals surface area contributed by atoms with Gasteiger partial charge >= 0.3 is 0 Å². The van der Waals surface area contributed by atoms with Gasteiger partial charge in [0.25, 0.3) is 15.9 Å². The van der Waals surface area contributed by atoms with E-state index in [2.05, 4.69) is 15.0 Å². The van der Waals surface area contributed by atoms with Gasteiger partial charge in [-0.25, -0.2) is 8.42 Å². The van der Waals surface area contributed by atoms with E-state index in [1.807, 2.05) is 31.2 Å². The van der Waals surface area contributed by atoms with E-state index in [1.54, 1.807) is 30.5 Å². The first-order valence-corrected chi connectivity index (χ1v) is 10.5. The number of carbonyl (C=O) groups is 1. The molecule has 0 spiro atoms. The van der Waals surface area contributed by atoms with Crippen LogP contribution in [0.15, 0.2) is 78.0 Å². The van der Waals surface area contributed by atoms with Crippen molar-refractivity contribution >= 4 is 21.6 Å². The molecule has 1 heterocycles. The number of anilines is 1. The number of pyridine rings is 1. The minimum Gasteiger partial charge on any atom is -0.494 e. The van der Waals surface area contributed by atoms with Gasteiger partial charge in [-0.15, -0.1) is 0 Å². The first-order valence-electron chi connectivity index (χ1n) is 9.02.